The Hall–Kier alpha value is -1.51. The van der Waals surface area contributed by atoms with Crippen LogP contribution >= 0.6 is 0 Å². The normalized spacial score (nSPS) is 19.3. The Kier molecular flexibility index (Phi) is 4.92. The Morgan fingerprint density at radius 3 is 2.38 bits per heavy atom. The molecule has 0 unspecified atom stereocenters. The van der Waals surface area contributed by atoms with Crippen molar-refractivity contribution in [2.45, 2.75) is 59.0 Å². The summed E-state index contributed by atoms with van der Waals surface area (Å²) in [5, 5.41) is 0. The number of rotatable bonds is 1. The van der Waals surface area contributed by atoms with E-state index in [0.717, 1.165) is 38.8 Å². The van der Waals surface area contributed by atoms with Gasteiger partial charge in [-0.15, -0.1) is 0 Å². The molecule has 3 nitrogen and oxygen atoms in total. The Bertz CT molecular complexity index is 482. The lowest BCUT2D eigenvalue weighted by atomic mass is 9.92. The van der Waals surface area contributed by atoms with Crippen molar-refractivity contribution in [1.82, 2.24) is 4.90 Å². The van der Waals surface area contributed by atoms with Gasteiger partial charge in [0, 0.05) is 13.1 Å². The molecule has 21 heavy (non-hydrogen) atoms. The van der Waals surface area contributed by atoms with E-state index in [0.29, 0.717) is 0 Å². The average molecular weight is 289 g/mol. The zero-order chi connectivity index (χ0) is 15.5. The molecule has 1 aliphatic carbocycles. The van der Waals surface area contributed by atoms with Crippen molar-refractivity contribution in [3.8, 4) is 0 Å². The van der Waals surface area contributed by atoms with Gasteiger partial charge in [0.1, 0.15) is 5.60 Å². The van der Waals surface area contributed by atoms with Crippen LogP contribution in [0, 0.1) is 0 Å². The summed E-state index contributed by atoms with van der Waals surface area (Å²) in [7, 11) is 0. The highest BCUT2D eigenvalue weighted by atomic mass is 16.6. The van der Waals surface area contributed by atoms with E-state index in [-0.39, 0.29) is 6.09 Å². The van der Waals surface area contributed by atoms with Crippen LogP contribution in [-0.2, 0) is 4.74 Å². The maximum atomic E-state index is 12.1. The third-order valence-corrected chi connectivity index (χ3v) is 3.98. The topological polar surface area (TPSA) is 29.5 Å². The maximum absolute atomic E-state index is 12.1. The number of hydrogen-bond donors (Lipinski definition) is 0. The van der Waals surface area contributed by atoms with Gasteiger partial charge in [0.25, 0.3) is 0 Å². The Morgan fingerprint density at radius 2 is 1.86 bits per heavy atom. The fourth-order valence-electron chi connectivity index (χ4n) is 2.76. The summed E-state index contributed by atoms with van der Waals surface area (Å²) in [6, 6.07) is 0. The monoisotopic (exact) mass is 289 g/mol. The Morgan fingerprint density at radius 1 is 1.19 bits per heavy atom. The molecule has 0 aromatic carbocycles. The van der Waals surface area contributed by atoms with E-state index in [1.54, 1.807) is 0 Å². The van der Waals surface area contributed by atoms with E-state index >= 15 is 0 Å². The van der Waals surface area contributed by atoms with Gasteiger partial charge in [0.2, 0.25) is 0 Å². The number of likely N-dealkylation sites (tertiary alicyclic amines) is 1. The molecule has 0 bridgehead atoms. The molecular formula is C18H27NO2. The quantitative estimate of drug-likeness (QED) is 0.705. The van der Waals surface area contributed by atoms with Crippen LogP contribution < -0.4 is 0 Å². The maximum Gasteiger partial charge on any atom is 0.410 e. The number of amides is 1. The predicted octanol–water partition coefficient (Wildman–Crippen LogP) is 4.61. The first-order valence-corrected chi connectivity index (χ1v) is 7.90. The van der Waals surface area contributed by atoms with Crippen molar-refractivity contribution in [3.63, 3.8) is 0 Å². The largest absolute Gasteiger partial charge is 0.444 e. The summed E-state index contributed by atoms with van der Waals surface area (Å²) in [4.78, 5) is 13.9. The molecule has 1 amide bonds. The van der Waals surface area contributed by atoms with Crippen molar-refractivity contribution >= 4 is 6.09 Å². The lowest BCUT2D eigenvalue weighted by Gasteiger charge is -2.31. The molecule has 0 atom stereocenters. The Balaban J connectivity index is 1.95. The molecule has 0 aromatic rings. The Labute approximate surface area is 128 Å². The third-order valence-electron chi connectivity index (χ3n) is 3.98. The number of allylic oxidation sites excluding steroid dienone is 5. The standard InChI is InChI=1S/C18H27NO2/c1-14(15-8-6-5-7-9-15)16-10-12-19(13-11-16)17(20)21-18(2,3)4/h6,8-9H,5,7,10-13H2,1-4H3. The lowest BCUT2D eigenvalue weighted by molar-refractivity contribution is 0.0236. The minimum absolute atomic E-state index is 0.184. The number of ether oxygens (including phenoxy) is 1. The molecular weight excluding hydrogens is 262 g/mol. The molecule has 1 saturated heterocycles. The lowest BCUT2D eigenvalue weighted by Crippen LogP contribution is -2.40. The van der Waals surface area contributed by atoms with E-state index in [1.165, 1.54) is 16.7 Å². The summed E-state index contributed by atoms with van der Waals surface area (Å²) in [6.07, 6.45) is 10.8. The molecule has 3 heteroatoms. The predicted molar refractivity (Wildman–Crippen MR) is 86.2 cm³/mol. The van der Waals surface area contributed by atoms with E-state index in [4.69, 9.17) is 4.74 Å². The first-order chi connectivity index (χ1) is 9.87. The van der Waals surface area contributed by atoms with Gasteiger partial charge in [0.05, 0.1) is 0 Å². The minimum atomic E-state index is -0.416. The second-order valence-electron chi connectivity index (χ2n) is 6.84. The van der Waals surface area contributed by atoms with E-state index in [1.807, 2.05) is 25.7 Å². The number of piperidine rings is 1. The van der Waals surface area contributed by atoms with Gasteiger partial charge in [-0.05, 0) is 64.5 Å². The van der Waals surface area contributed by atoms with E-state index in [2.05, 4.69) is 25.2 Å². The second-order valence-corrected chi connectivity index (χ2v) is 6.84. The van der Waals surface area contributed by atoms with Crippen LogP contribution in [0.2, 0.25) is 0 Å². The van der Waals surface area contributed by atoms with Crippen molar-refractivity contribution in [2.24, 2.45) is 0 Å². The molecule has 1 aliphatic heterocycles. The molecule has 2 rings (SSSR count). The second kappa shape index (κ2) is 6.50. The van der Waals surface area contributed by atoms with Crippen LogP contribution in [-0.4, -0.2) is 29.7 Å². The zero-order valence-electron chi connectivity index (χ0n) is 13.7. The summed E-state index contributed by atoms with van der Waals surface area (Å²) in [5.74, 6) is 0. The molecule has 0 spiro atoms. The van der Waals surface area contributed by atoms with Crippen molar-refractivity contribution in [2.75, 3.05) is 13.1 Å². The molecule has 1 fully saturated rings. The zero-order valence-corrected chi connectivity index (χ0v) is 13.7. The first kappa shape index (κ1) is 15.9. The smallest absolute Gasteiger partial charge is 0.410 e. The highest BCUT2D eigenvalue weighted by Gasteiger charge is 2.25. The SMILES string of the molecule is CC(C1=CCCC=C1)=C1CCN(C(=O)OC(C)(C)C)CC1. The first-order valence-electron chi connectivity index (χ1n) is 7.90. The van der Waals surface area contributed by atoms with Gasteiger partial charge in [-0.1, -0.05) is 23.8 Å². The molecule has 116 valence electrons. The summed E-state index contributed by atoms with van der Waals surface area (Å²) >= 11 is 0. The summed E-state index contributed by atoms with van der Waals surface area (Å²) < 4.78 is 5.44. The van der Waals surface area contributed by atoms with Crippen LogP contribution in [0.3, 0.4) is 0 Å². The van der Waals surface area contributed by atoms with Crippen molar-refractivity contribution in [3.05, 3.63) is 34.9 Å². The molecule has 0 N–H and O–H groups in total. The van der Waals surface area contributed by atoms with Crippen LogP contribution in [0.1, 0.15) is 53.4 Å². The number of carbonyl (C=O) groups excluding carboxylic acids is 1. The van der Waals surface area contributed by atoms with Gasteiger partial charge in [-0.3, -0.25) is 0 Å². The molecule has 1 heterocycles. The average Bonchev–Trinajstić information content (AvgIpc) is 2.46. The van der Waals surface area contributed by atoms with Gasteiger partial charge >= 0.3 is 6.09 Å². The third kappa shape index (κ3) is 4.48. The molecule has 0 radical (unpaired) electrons. The fourth-order valence-corrected chi connectivity index (χ4v) is 2.76. The molecule has 2 aliphatic rings. The highest BCUT2D eigenvalue weighted by molar-refractivity contribution is 5.68. The minimum Gasteiger partial charge on any atom is -0.444 e. The molecule has 0 aromatic heterocycles. The van der Waals surface area contributed by atoms with Gasteiger partial charge < -0.3 is 9.64 Å². The van der Waals surface area contributed by atoms with Gasteiger partial charge in [0.15, 0.2) is 0 Å². The summed E-state index contributed by atoms with van der Waals surface area (Å²) in [5.41, 5.74) is 3.82. The number of hydrogen-bond acceptors (Lipinski definition) is 2. The fraction of sp³-hybridized carbons (Fsp3) is 0.611. The number of carbonyl (C=O) groups is 1. The number of nitrogens with zero attached hydrogens (tertiary/aromatic N) is 1. The van der Waals surface area contributed by atoms with Crippen molar-refractivity contribution in [1.29, 1.82) is 0 Å². The van der Waals surface area contributed by atoms with Gasteiger partial charge in [-0.2, -0.15) is 0 Å². The molecule has 0 saturated carbocycles. The van der Waals surface area contributed by atoms with E-state index in [9.17, 15) is 4.79 Å². The van der Waals surface area contributed by atoms with Crippen LogP contribution in [0.15, 0.2) is 34.9 Å². The van der Waals surface area contributed by atoms with E-state index < -0.39 is 5.60 Å². The van der Waals surface area contributed by atoms with Crippen LogP contribution in [0.25, 0.3) is 0 Å². The van der Waals surface area contributed by atoms with Gasteiger partial charge in [-0.25, -0.2) is 4.79 Å². The van der Waals surface area contributed by atoms with Crippen LogP contribution in [0.4, 0.5) is 4.79 Å². The van der Waals surface area contributed by atoms with Crippen molar-refractivity contribution < 1.29 is 9.53 Å². The summed E-state index contributed by atoms with van der Waals surface area (Å²) in [6.45, 7) is 9.46. The van der Waals surface area contributed by atoms with Crippen LogP contribution in [0.5, 0.6) is 0 Å². The highest BCUT2D eigenvalue weighted by Crippen LogP contribution is 2.27.